The molecule has 6 nitrogen and oxygen atoms in total. The molecule has 7 heteroatoms. The monoisotopic (exact) mass is 261 g/mol. The third-order valence-electron chi connectivity index (χ3n) is 1.99. The van der Waals surface area contributed by atoms with Crippen LogP contribution in [0.5, 0.6) is 0 Å². The van der Waals surface area contributed by atoms with Gasteiger partial charge in [0, 0.05) is 13.2 Å². The first-order valence-corrected chi connectivity index (χ1v) is 5.96. The summed E-state index contributed by atoms with van der Waals surface area (Å²) in [6, 6.07) is 1.64. The summed E-state index contributed by atoms with van der Waals surface area (Å²) in [6.45, 7) is 0.299. The normalized spacial score (nSPS) is 9.67. The highest BCUT2D eigenvalue weighted by atomic mass is 32.1. The molecule has 0 aliphatic heterocycles. The van der Waals surface area contributed by atoms with Gasteiger partial charge in [-0.25, -0.2) is 4.98 Å². The first kappa shape index (κ1) is 12.3. The second-order valence-electron chi connectivity index (χ2n) is 3.36. The summed E-state index contributed by atoms with van der Waals surface area (Å²) in [5.41, 5.74) is 5.62. The van der Waals surface area contributed by atoms with Crippen molar-refractivity contribution in [1.29, 1.82) is 0 Å². The highest BCUT2D eigenvalue weighted by Gasteiger charge is 2.10. The number of hydrogen-bond donors (Lipinski definition) is 2. The van der Waals surface area contributed by atoms with Crippen LogP contribution in [0.1, 0.15) is 15.4 Å². The summed E-state index contributed by atoms with van der Waals surface area (Å²) in [5, 5.41) is 7.15. The fraction of sp³-hybridized carbons (Fsp3) is 0.182. The van der Waals surface area contributed by atoms with Crippen LogP contribution in [-0.4, -0.2) is 27.2 Å². The molecular formula is C11H11N5OS. The van der Waals surface area contributed by atoms with Gasteiger partial charge in [0.05, 0.1) is 17.6 Å². The average molecular weight is 261 g/mol. The van der Waals surface area contributed by atoms with Gasteiger partial charge in [-0.05, 0) is 6.07 Å². The maximum Gasteiger partial charge on any atom is 0.277 e. The zero-order valence-electron chi connectivity index (χ0n) is 9.67. The molecule has 0 unspecified atom stereocenters. The Balaban J connectivity index is 2.05. The van der Waals surface area contributed by atoms with Crippen LogP contribution >= 0.6 is 11.3 Å². The molecule has 2 aromatic heterocycles. The van der Waals surface area contributed by atoms with E-state index in [-0.39, 0.29) is 5.91 Å². The van der Waals surface area contributed by atoms with Crippen molar-refractivity contribution < 1.29 is 4.79 Å². The Hall–Kier alpha value is -2.17. The van der Waals surface area contributed by atoms with Crippen molar-refractivity contribution >= 4 is 22.4 Å². The fourth-order valence-electron chi connectivity index (χ4n) is 1.23. The third kappa shape index (κ3) is 2.94. The van der Waals surface area contributed by atoms with Gasteiger partial charge in [0.25, 0.3) is 5.91 Å². The Labute approximate surface area is 108 Å². The van der Waals surface area contributed by atoms with Gasteiger partial charge in [-0.1, -0.05) is 23.2 Å². The molecule has 0 aromatic carbocycles. The number of anilines is 1. The van der Waals surface area contributed by atoms with Crippen molar-refractivity contribution in [2.75, 3.05) is 11.9 Å². The van der Waals surface area contributed by atoms with Gasteiger partial charge in [0.15, 0.2) is 10.8 Å². The van der Waals surface area contributed by atoms with Crippen LogP contribution in [0.15, 0.2) is 18.5 Å². The van der Waals surface area contributed by atoms with Crippen molar-refractivity contribution in [3.63, 3.8) is 0 Å². The number of aryl methyl sites for hydroxylation is 1. The standard InChI is InChI=1S/C11H11N5OS/c1-16-6-4-9(15-16)10(17)14-11-13-7-8(18-11)3-2-5-12/h4,6-7H,5,12H2,1H3,(H,13,14,17). The van der Waals surface area contributed by atoms with Crippen molar-refractivity contribution in [2.45, 2.75) is 0 Å². The van der Waals surface area contributed by atoms with E-state index in [0.717, 1.165) is 4.88 Å². The SMILES string of the molecule is Cn1ccc(C(=O)Nc2ncc(C#CCN)s2)n1. The Kier molecular flexibility index (Phi) is 3.72. The van der Waals surface area contributed by atoms with Crippen molar-refractivity contribution in [3.05, 3.63) is 29.0 Å². The molecule has 0 aliphatic rings. The van der Waals surface area contributed by atoms with E-state index in [4.69, 9.17) is 5.73 Å². The van der Waals surface area contributed by atoms with E-state index < -0.39 is 0 Å². The molecule has 2 aromatic rings. The fourth-order valence-corrected chi connectivity index (χ4v) is 1.91. The molecule has 0 fully saturated rings. The van der Waals surface area contributed by atoms with Gasteiger partial charge < -0.3 is 5.73 Å². The molecule has 0 atom stereocenters. The molecule has 92 valence electrons. The summed E-state index contributed by atoms with van der Waals surface area (Å²) < 4.78 is 1.56. The van der Waals surface area contributed by atoms with Crippen LogP contribution in [0.25, 0.3) is 0 Å². The number of rotatable bonds is 2. The molecule has 2 rings (SSSR count). The Morgan fingerprint density at radius 1 is 1.67 bits per heavy atom. The molecule has 0 aliphatic carbocycles. The van der Waals surface area contributed by atoms with Crippen LogP contribution in [-0.2, 0) is 7.05 Å². The van der Waals surface area contributed by atoms with Crippen LogP contribution in [0.4, 0.5) is 5.13 Å². The molecular weight excluding hydrogens is 250 g/mol. The Morgan fingerprint density at radius 2 is 2.50 bits per heavy atom. The number of hydrogen-bond acceptors (Lipinski definition) is 5. The minimum Gasteiger partial charge on any atom is -0.320 e. The van der Waals surface area contributed by atoms with Crippen LogP contribution in [0.2, 0.25) is 0 Å². The summed E-state index contributed by atoms with van der Waals surface area (Å²) in [4.78, 5) is 16.6. The summed E-state index contributed by atoms with van der Waals surface area (Å²) >= 11 is 1.30. The summed E-state index contributed by atoms with van der Waals surface area (Å²) in [5.74, 6) is 5.29. The lowest BCUT2D eigenvalue weighted by molar-refractivity contribution is 0.102. The van der Waals surface area contributed by atoms with Gasteiger partial charge in [-0.3, -0.25) is 14.8 Å². The summed E-state index contributed by atoms with van der Waals surface area (Å²) in [6.07, 6.45) is 3.30. The van der Waals surface area contributed by atoms with E-state index in [9.17, 15) is 4.79 Å². The lowest BCUT2D eigenvalue weighted by Crippen LogP contribution is -2.12. The molecule has 0 bridgehead atoms. The van der Waals surface area contributed by atoms with Crippen LogP contribution < -0.4 is 11.1 Å². The Bertz CT molecular complexity index is 619. The van der Waals surface area contributed by atoms with Gasteiger partial charge in [0.2, 0.25) is 0 Å². The maximum absolute atomic E-state index is 11.8. The molecule has 1 amide bonds. The van der Waals surface area contributed by atoms with Gasteiger partial charge in [0.1, 0.15) is 0 Å². The molecule has 3 N–H and O–H groups in total. The van der Waals surface area contributed by atoms with E-state index in [0.29, 0.717) is 17.4 Å². The maximum atomic E-state index is 11.8. The van der Waals surface area contributed by atoms with Gasteiger partial charge in [-0.2, -0.15) is 5.10 Å². The zero-order chi connectivity index (χ0) is 13.0. The van der Waals surface area contributed by atoms with Crippen molar-refractivity contribution in [2.24, 2.45) is 12.8 Å². The average Bonchev–Trinajstić information content (AvgIpc) is 2.96. The lowest BCUT2D eigenvalue weighted by Gasteiger charge is -1.96. The third-order valence-corrected chi connectivity index (χ3v) is 2.81. The smallest absolute Gasteiger partial charge is 0.277 e. The lowest BCUT2D eigenvalue weighted by atomic mass is 10.4. The number of amides is 1. The molecule has 0 spiro atoms. The van der Waals surface area contributed by atoms with E-state index in [1.807, 2.05) is 0 Å². The highest BCUT2D eigenvalue weighted by molar-refractivity contribution is 7.16. The molecule has 0 saturated carbocycles. The number of thiazole rings is 1. The second-order valence-corrected chi connectivity index (χ2v) is 4.39. The van der Waals surface area contributed by atoms with Gasteiger partial charge in [-0.15, -0.1) is 0 Å². The van der Waals surface area contributed by atoms with E-state index >= 15 is 0 Å². The predicted molar refractivity (Wildman–Crippen MR) is 69.2 cm³/mol. The zero-order valence-corrected chi connectivity index (χ0v) is 10.5. The molecule has 2 heterocycles. The first-order chi connectivity index (χ1) is 8.69. The highest BCUT2D eigenvalue weighted by Crippen LogP contribution is 2.17. The molecule has 18 heavy (non-hydrogen) atoms. The topological polar surface area (TPSA) is 85.8 Å². The van der Waals surface area contributed by atoms with E-state index in [1.165, 1.54) is 11.3 Å². The number of nitrogens with one attached hydrogen (secondary N) is 1. The quantitative estimate of drug-likeness (QED) is 0.768. The number of nitrogens with two attached hydrogens (primary N) is 1. The largest absolute Gasteiger partial charge is 0.320 e. The van der Waals surface area contributed by atoms with Crippen LogP contribution in [0.3, 0.4) is 0 Å². The van der Waals surface area contributed by atoms with Crippen molar-refractivity contribution in [3.8, 4) is 11.8 Å². The minimum absolute atomic E-state index is 0.289. The first-order valence-electron chi connectivity index (χ1n) is 5.15. The van der Waals surface area contributed by atoms with Crippen LogP contribution in [0, 0.1) is 11.8 Å². The predicted octanol–water partition coefficient (Wildman–Crippen LogP) is 0.439. The van der Waals surface area contributed by atoms with Crippen molar-refractivity contribution in [1.82, 2.24) is 14.8 Å². The number of carbonyl (C=O) groups excluding carboxylic acids is 1. The summed E-state index contributed by atoms with van der Waals surface area (Å²) in [7, 11) is 1.75. The number of aromatic nitrogens is 3. The van der Waals surface area contributed by atoms with Gasteiger partial charge >= 0.3 is 0 Å². The Morgan fingerprint density at radius 3 is 3.17 bits per heavy atom. The number of nitrogens with zero attached hydrogens (tertiary/aromatic N) is 3. The van der Waals surface area contributed by atoms with E-state index in [1.54, 1.807) is 30.2 Å². The number of carbonyl (C=O) groups is 1. The van der Waals surface area contributed by atoms with E-state index in [2.05, 4.69) is 27.2 Å². The minimum atomic E-state index is -0.289. The second kappa shape index (κ2) is 5.44. The molecule has 0 saturated heterocycles. The molecule has 0 radical (unpaired) electrons.